The van der Waals surface area contributed by atoms with Crippen molar-refractivity contribution in [2.24, 2.45) is 5.92 Å². The molecule has 0 saturated carbocycles. The lowest BCUT2D eigenvalue weighted by Crippen LogP contribution is -2.45. The van der Waals surface area contributed by atoms with Gasteiger partial charge in [0.25, 0.3) is 0 Å². The van der Waals surface area contributed by atoms with Crippen molar-refractivity contribution in [3.63, 3.8) is 0 Å². The molecule has 3 N–H and O–H groups in total. The fourth-order valence-electron chi connectivity index (χ4n) is 2.11. The van der Waals surface area contributed by atoms with Crippen molar-refractivity contribution in [2.45, 2.75) is 46.2 Å². The highest BCUT2D eigenvalue weighted by Crippen LogP contribution is 2.09. The van der Waals surface area contributed by atoms with Crippen LogP contribution in [-0.2, 0) is 17.8 Å². The molecule has 21 heavy (non-hydrogen) atoms. The quantitative estimate of drug-likeness (QED) is 0.722. The predicted molar refractivity (Wildman–Crippen MR) is 82.1 cm³/mol. The van der Waals surface area contributed by atoms with Gasteiger partial charge in [0.2, 0.25) is 0 Å². The summed E-state index contributed by atoms with van der Waals surface area (Å²) in [6, 6.07) is 7.23. The number of rotatable bonds is 7. The summed E-state index contributed by atoms with van der Waals surface area (Å²) in [4.78, 5) is 22.7. The number of carboxylic acid groups (broad SMARTS) is 1. The molecule has 1 unspecified atom stereocenters. The second-order valence-electron chi connectivity index (χ2n) is 5.40. The number of carboxylic acids is 1. The first-order chi connectivity index (χ1) is 9.93. The topological polar surface area (TPSA) is 78.4 Å². The molecule has 1 rings (SSSR count). The van der Waals surface area contributed by atoms with Gasteiger partial charge in [0.1, 0.15) is 0 Å². The summed E-state index contributed by atoms with van der Waals surface area (Å²) in [6.45, 7) is 6.29. The van der Waals surface area contributed by atoms with Crippen LogP contribution in [0.2, 0.25) is 0 Å². The molecule has 1 atom stereocenters. The third-order valence-electron chi connectivity index (χ3n) is 3.45. The van der Waals surface area contributed by atoms with Crippen molar-refractivity contribution in [1.29, 1.82) is 0 Å². The van der Waals surface area contributed by atoms with Gasteiger partial charge in [0.05, 0.1) is 6.42 Å². The normalized spacial score (nSPS) is 12.0. The Labute approximate surface area is 125 Å². The lowest BCUT2D eigenvalue weighted by atomic mass is 10.0. The zero-order valence-electron chi connectivity index (χ0n) is 12.8. The van der Waals surface area contributed by atoms with E-state index in [1.165, 1.54) is 5.56 Å². The van der Waals surface area contributed by atoms with E-state index in [1.807, 2.05) is 38.1 Å². The number of hydrogen-bond acceptors (Lipinski definition) is 2. The van der Waals surface area contributed by atoms with Crippen LogP contribution in [0.25, 0.3) is 0 Å². The van der Waals surface area contributed by atoms with Gasteiger partial charge in [-0.15, -0.1) is 0 Å². The summed E-state index contributed by atoms with van der Waals surface area (Å²) < 4.78 is 0. The van der Waals surface area contributed by atoms with Gasteiger partial charge < -0.3 is 15.7 Å². The minimum atomic E-state index is -0.912. The summed E-state index contributed by atoms with van der Waals surface area (Å²) in [7, 11) is 0. The average molecular weight is 292 g/mol. The monoisotopic (exact) mass is 292 g/mol. The Hall–Kier alpha value is -2.04. The van der Waals surface area contributed by atoms with Gasteiger partial charge in [-0.2, -0.15) is 0 Å². The average Bonchev–Trinajstić information content (AvgIpc) is 2.44. The van der Waals surface area contributed by atoms with E-state index >= 15 is 0 Å². The molecular formula is C16H24N2O3. The smallest absolute Gasteiger partial charge is 0.315 e. The van der Waals surface area contributed by atoms with Crippen molar-refractivity contribution in [3.05, 3.63) is 35.4 Å². The largest absolute Gasteiger partial charge is 0.481 e. The third-order valence-corrected chi connectivity index (χ3v) is 3.45. The molecule has 0 bridgehead atoms. The standard InChI is InChI=1S/C16H24N2O3/c1-4-12-7-5-6-8-13(12)10-17-16(21)18-14(11(2)3)9-15(19)20/h5-8,11,14H,4,9-10H2,1-3H3,(H,19,20)(H2,17,18,21). The van der Waals surface area contributed by atoms with E-state index < -0.39 is 5.97 Å². The van der Waals surface area contributed by atoms with Crippen LogP contribution >= 0.6 is 0 Å². The van der Waals surface area contributed by atoms with E-state index in [9.17, 15) is 9.59 Å². The summed E-state index contributed by atoms with van der Waals surface area (Å²) in [5.74, 6) is -0.847. The molecule has 0 aliphatic rings. The SMILES string of the molecule is CCc1ccccc1CNC(=O)NC(CC(=O)O)C(C)C. The van der Waals surface area contributed by atoms with Crippen LogP contribution in [0.1, 0.15) is 38.3 Å². The number of nitrogens with one attached hydrogen (secondary N) is 2. The second-order valence-corrected chi connectivity index (χ2v) is 5.40. The van der Waals surface area contributed by atoms with Crippen LogP contribution < -0.4 is 10.6 Å². The molecule has 0 spiro atoms. The van der Waals surface area contributed by atoms with E-state index in [1.54, 1.807) is 0 Å². The van der Waals surface area contributed by atoms with Crippen molar-refractivity contribution >= 4 is 12.0 Å². The molecule has 5 heteroatoms. The number of carbonyl (C=O) groups excluding carboxylic acids is 1. The number of aliphatic carboxylic acids is 1. The molecule has 0 aromatic heterocycles. The van der Waals surface area contributed by atoms with Gasteiger partial charge in [-0.05, 0) is 23.5 Å². The molecule has 0 saturated heterocycles. The number of carbonyl (C=O) groups is 2. The molecule has 1 aromatic carbocycles. The van der Waals surface area contributed by atoms with E-state index in [4.69, 9.17) is 5.11 Å². The van der Waals surface area contributed by atoms with Gasteiger partial charge in [-0.1, -0.05) is 45.0 Å². The van der Waals surface area contributed by atoms with Gasteiger partial charge >= 0.3 is 12.0 Å². The fourth-order valence-corrected chi connectivity index (χ4v) is 2.11. The van der Waals surface area contributed by atoms with Crippen molar-refractivity contribution in [2.75, 3.05) is 0 Å². The maximum atomic E-state index is 11.9. The van der Waals surface area contributed by atoms with Crippen molar-refractivity contribution in [3.8, 4) is 0 Å². The van der Waals surface area contributed by atoms with Crippen molar-refractivity contribution < 1.29 is 14.7 Å². The Bertz CT molecular complexity index is 486. The number of urea groups is 1. The molecule has 5 nitrogen and oxygen atoms in total. The summed E-state index contributed by atoms with van der Waals surface area (Å²) in [5.41, 5.74) is 2.28. The minimum absolute atomic E-state index is 0.0646. The molecule has 1 aromatic rings. The van der Waals surface area contributed by atoms with Crippen LogP contribution in [0.15, 0.2) is 24.3 Å². The maximum absolute atomic E-state index is 11.9. The molecule has 0 heterocycles. The van der Waals surface area contributed by atoms with Crippen LogP contribution in [0.5, 0.6) is 0 Å². The van der Waals surface area contributed by atoms with Gasteiger partial charge in [0.15, 0.2) is 0 Å². The highest BCUT2D eigenvalue weighted by Gasteiger charge is 2.19. The second kappa shape index (κ2) is 8.29. The molecule has 0 fully saturated rings. The number of aryl methyl sites for hydroxylation is 1. The molecule has 0 aliphatic carbocycles. The van der Waals surface area contributed by atoms with Crippen LogP contribution in [0.4, 0.5) is 4.79 Å². The first-order valence-electron chi connectivity index (χ1n) is 7.27. The Morgan fingerprint density at radius 2 is 1.81 bits per heavy atom. The van der Waals surface area contributed by atoms with Crippen molar-refractivity contribution in [1.82, 2.24) is 10.6 Å². The van der Waals surface area contributed by atoms with Gasteiger partial charge in [-0.25, -0.2) is 4.79 Å². The van der Waals surface area contributed by atoms with Crippen LogP contribution in [0, 0.1) is 5.92 Å². The Kier molecular flexibility index (Phi) is 6.72. The lowest BCUT2D eigenvalue weighted by molar-refractivity contribution is -0.137. The minimum Gasteiger partial charge on any atom is -0.481 e. The zero-order chi connectivity index (χ0) is 15.8. The lowest BCUT2D eigenvalue weighted by Gasteiger charge is -2.21. The van der Waals surface area contributed by atoms with Crippen LogP contribution in [-0.4, -0.2) is 23.1 Å². The third kappa shape index (κ3) is 5.85. The first-order valence-corrected chi connectivity index (χ1v) is 7.27. The van der Waals surface area contributed by atoms with E-state index in [0.29, 0.717) is 6.54 Å². The number of benzene rings is 1. The highest BCUT2D eigenvalue weighted by atomic mass is 16.4. The summed E-state index contributed by atoms with van der Waals surface area (Å²) in [6.07, 6.45) is 0.837. The predicted octanol–water partition coefficient (Wildman–Crippen LogP) is 2.55. The number of amides is 2. The Morgan fingerprint density at radius 3 is 2.33 bits per heavy atom. The van der Waals surface area contributed by atoms with E-state index in [2.05, 4.69) is 17.6 Å². The van der Waals surface area contributed by atoms with Crippen LogP contribution in [0.3, 0.4) is 0 Å². The molecule has 116 valence electrons. The Morgan fingerprint density at radius 1 is 1.19 bits per heavy atom. The zero-order valence-corrected chi connectivity index (χ0v) is 12.8. The first kappa shape index (κ1) is 17.0. The van der Waals surface area contributed by atoms with Gasteiger partial charge in [0, 0.05) is 12.6 Å². The fraction of sp³-hybridized carbons (Fsp3) is 0.500. The highest BCUT2D eigenvalue weighted by molar-refractivity contribution is 5.75. The van der Waals surface area contributed by atoms with Gasteiger partial charge in [-0.3, -0.25) is 4.79 Å². The van der Waals surface area contributed by atoms with E-state index in [0.717, 1.165) is 12.0 Å². The Balaban J connectivity index is 2.54. The maximum Gasteiger partial charge on any atom is 0.315 e. The number of hydrogen-bond donors (Lipinski definition) is 3. The summed E-state index contributed by atoms with van der Waals surface area (Å²) >= 11 is 0. The molecule has 2 amide bonds. The van der Waals surface area contributed by atoms with E-state index in [-0.39, 0.29) is 24.4 Å². The summed E-state index contributed by atoms with van der Waals surface area (Å²) in [5, 5.41) is 14.4. The molecular weight excluding hydrogens is 268 g/mol. The molecule has 0 radical (unpaired) electrons. The molecule has 0 aliphatic heterocycles.